The molecule has 0 aromatic rings. The highest BCUT2D eigenvalue weighted by atomic mass is 16.2. The average Bonchev–Trinajstić information content (AvgIpc) is 2.63. The number of hydrogen-bond donors (Lipinski definition) is 1. The van der Waals surface area contributed by atoms with Gasteiger partial charge in [0.15, 0.2) is 0 Å². The summed E-state index contributed by atoms with van der Waals surface area (Å²) in [5, 5.41) is 3.08. The summed E-state index contributed by atoms with van der Waals surface area (Å²) in [6.45, 7) is 5.58. The lowest BCUT2D eigenvalue weighted by molar-refractivity contribution is -0.127. The van der Waals surface area contributed by atoms with Crippen molar-refractivity contribution < 1.29 is 4.79 Å². The van der Waals surface area contributed by atoms with E-state index < -0.39 is 0 Å². The fourth-order valence-corrected chi connectivity index (χ4v) is 2.43. The molecule has 2 fully saturated rings. The zero-order valence-electron chi connectivity index (χ0n) is 8.99. The van der Waals surface area contributed by atoms with Crippen LogP contribution in [-0.2, 0) is 4.79 Å². The highest BCUT2D eigenvalue weighted by molar-refractivity contribution is 5.79. The van der Waals surface area contributed by atoms with Gasteiger partial charge in [-0.25, -0.2) is 0 Å². The van der Waals surface area contributed by atoms with E-state index in [-0.39, 0.29) is 5.91 Å². The van der Waals surface area contributed by atoms with E-state index in [4.69, 9.17) is 0 Å². The van der Waals surface area contributed by atoms with Crippen LogP contribution >= 0.6 is 0 Å². The van der Waals surface area contributed by atoms with E-state index in [0.29, 0.717) is 18.5 Å². The van der Waals surface area contributed by atoms with Crippen LogP contribution in [0.25, 0.3) is 0 Å². The second-order valence-electron chi connectivity index (χ2n) is 4.59. The van der Waals surface area contributed by atoms with Crippen LogP contribution in [0.2, 0.25) is 0 Å². The van der Waals surface area contributed by atoms with Gasteiger partial charge in [0.25, 0.3) is 0 Å². The van der Waals surface area contributed by atoms with Crippen LogP contribution in [0.15, 0.2) is 0 Å². The largest absolute Gasteiger partial charge is 0.328 e. The molecular formula is C10H19N3O. The zero-order chi connectivity index (χ0) is 10.1. The molecule has 2 saturated heterocycles. The summed E-state index contributed by atoms with van der Waals surface area (Å²) in [7, 11) is 2.16. The Hall–Kier alpha value is -0.610. The van der Waals surface area contributed by atoms with E-state index in [0.717, 1.165) is 19.8 Å². The predicted molar refractivity (Wildman–Crippen MR) is 54.8 cm³/mol. The highest BCUT2D eigenvalue weighted by Gasteiger charge is 2.30. The summed E-state index contributed by atoms with van der Waals surface area (Å²) < 4.78 is 0. The number of carbonyl (C=O) groups is 1. The van der Waals surface area contributed by atoms with E-state index in [1.54, 1.807) is 0 Å². The maximum Gasteiger partial charge on any atom is 0.237 e. The fraction of sp³-hybridized carbons (Fsp3) is 0.900. The van der Waals surface area contributed by atoms with Crippen LogP contribution < -0.4 is 5.32 Å². The third-order valence-electron chi connectivity index (χ3n) is 3.38. The van der Waals surface area contributed by atoms with E-state index in [1.807, 2.05) is 4.90 Å². The van der Waals surface area contributed by atoms with Crippen molar-refractivity contribution in [2.24, 2.45) is 5.92 Å². The van der Waals surface area contributed by atoms with Gasteiger partial charge in [0.1, 0.15) is 0 Å². The lowest BCUT2D eigenvalue weighted by Gasteiger charge is -2.19. The van der Waals surface area contributed by atoms with Crippen molar-refractivity contribution in [2.45, 2.75) is 19.4 Å². The smallest absolute Gasteiger partial charge is 0.237 e. The minimum Gasteiger partial charge on any atom is -0.328 e. The molecule has 0 bridgehead atoms. The Labute approximate surface area is 85.2 Å². The Kier molecular flexibility index (Phi) is 2.74. The Morgan fingerprint density at radius 3 is 2.86 bits per heavy atom. The van der Waals surface area contributed by atoms with Crippen molar-refractivity contribution in [1.82, 2.24) is 15.1 Å². The van der Waals surface area contributed by atoms with Crippen molar-refractivity contribution >= 4 is 5.91 Å². The molecule has 2 rings (SSSR count). The molecular weight excluding hydrogens is 178 g/mol. The standard InChI is InChI=1S/C10H19N3O/c1-8-3-9(5-12(8)2)6-13-7-11-4-10(13)14/h8-9,11H,3-7H2,1-2H3. The van der Waals surface area contributed by atoms with Gasteiger partial charge < -0.3 is 9.80 Å². The number of likely N-dealkylation sites (tertiary alicyclic amines) is 1. The van der Waals surface area contributed by atoms with Crippen molar-refractivity contribution in [3.8, 4) is 0 Å². The molecule has 14 heavy (non-hydrogen) atoms. The number of rotatable bonds is 2. The lowest BCUT2D eigenvalue weighted by atomic mass is 10.1. The summed E-state index contributed by atoms with van der Waals surface area (Å²) in [5.74, 6) is 0.922. The SMILES string of the molecule is CC1CC(CN2CNCC2=O)CN1C. The molecule has 4 nitrogen and oxygen atoms in total. The first-order valence-electron chi connectivity index (χ1n) is 5.35. The second kappa shape index (κ2) is 3.87. The second-order valence-corrected chi connectivity index (χ2v) is 4.59. The third kappa shape index (κ3) is 1.91. The summed E-state index contributed by atoms with van der Waals surface area (Å²) in [4.78, 5) is 15.7. The van der Waals surface area contributed by atoms with Gasteiger partial charge >= 0.3 is 0 Å². The molecule has 0 aromatic carbocycles. The molecule has 0 radical (unpaired) electrons. The number of hydrogen-bond acceptors (Lipinski definition) is 3. The molecule has 2 atom stereocenters. The first-order valence-corrected chi connectivity index (χ1v) is 5.35. The van der Waals surface area contributed by atoms with Crippen molar-refractivity contribution in [2.75, 3.05) is 33.4 Å². The molecule has 2 aliphatic heterocycles. The molecule has 1 N–H and O–H groups in total. The van der Waals surface area contributed by atoms with Crippen LogP contribution in [0.3, 0.4) is 0 Å². The zero-order valence-corrected chi connectivity index (χ0v) is 8.99. The molecule has 0 saturated carbocycles. The number of nitrogens with one attached hydrogen (secondary N) is 1. The molecule has 80 valence electrons. The van der Waals surface area contributed by atoms with Gasteiger partial charge in [0.05, 0.1) is 13.2 Å². The van der Waals surface area contributed by atoms with Gasteiger partial charge in [-0.3, -0.25) is 10.1 Å². The maximum atomic E-state index is 11.4. The monoisotopic (exact) mass is 197 g/mol. The Morgan fingerprint density at radius 1 is 1.57 bits per heavy atom. The lowest BCUT2D eigenvalue weighted by Crippen LogP contribution is -2.32. The Morgan fingerprint density at radius 2 is 2.36 bits per heavy atom. The van der Waals surface area contributed by atoms with Crippen LogP contribution in [0.5, 0.6) is 0 Å². The first kappa shape index (κ1) is 9.93. The van der Waals surface area contributed by atoms with Gasteiger partial charge in [-0.15, -0.1) is 0 Å². The van der Waals surface area contributed by atoms with Crippen molar-refractivity contribution in [3.63, 3.8) is 0 Å². The van der Waals surface area contributed by atoms with E-state index in [2.05, 4.69) is 24.2 Å². The molecule has 2 heterocycles. The molecule has 1 amide bonds. The third-order valence-corrected chi connectivity index (χ3v) is 3.38. The first-order chi connectivity index (χ1) is 6.66. The van der Waals surface area contributed by atoms with Crippen LogP contribution in [-0.4, -0.2) is 55.1 Å². The summed E-state index contributed by atoms with van der Waals surface area (Å²) in [6.07, 6.45) is 1.22. The number of amides is 1. The highest BCUT2D eigenvalue weighted by Crippen LogP contribution is 2.22. The van der Waals surface area contributed by atoms with Crippen LogP contribution in [0.4, 0.5) is 0 Å². The van der Waals surface area contributed by atoms with E-state index in [1.165, 1.54) is 6.42 Å². The number of carbonyl (C=O) groups excluding carboxylic acids is 1. The maximum absolute atomic E-state index is 11.4. The van der Waals surface area contributed by atoms with Crippen LogP contribution in [0.1, 0.15) is 13.3 Å². The minimum absolute atomic E-state index is 0.257. The van der Waals surface area contributed by atoms with E-state index >= 15 is 0 Å². The normalized spacial score (nSPS) is 34.4. The molecule has 2 unspecified atom stereocenters. The quantitative estimate of drug-likeness (QED) is 0.661. The average molecular weight is 197 g/mol. The minimum atomic E-state index is 0.257. The molecule has 2 aliphatic rings. The predicted octanol–water partition coefficient (Wildman–Crippen LogP) is -0.284. The molecule has 0 spiro atoms. The summed E-state index contributed by atoms with van der Waals surface area (Å²) in [6, 6.07) is 0.672. The Balaban J connectivity index is 1.84. The van der Waals surface area contributed by atoms with E-state index in [9.17, 15) is 4.79 Å². The number of nitrogens with zero attached hydrogens (tertiary/aromatic N) is 2. The van der Waals surface area contributed by atoms with Gasteiger partial charge in [0.2, 0.25) is 5.91 Å². The van der Waals surface area contributed by atoms with Gasteiger partial charge in [-0.05, 0) is 26.3 Å². The van der Waals surface area contributed by atoms with Gasteiger partial charge in [0, 0.05) is 19.1 Å². The molecule has 0 aliphatic carbocycles. The summed E-state index contributed by atoms with van der Waals surface area (Å²) in [5.41, 5.74) is 0. The Bertz CT molecular complexity index is 221. The topological polar surface area (TPSA) is 35.6 Å². The molecule has 0 aromatic heterocycles. The van der Waals surface area contributed by atoms with Crippen LogP contribution in [0, 0.1) is 5.92 Å². The summed E-state index contributed by atoms with van der Waals surface area (Å²) >= 11 is 0. The molecule has 4 heteroatoms. The fourth-order valence-electron chi connectivity index (χ4n) is 2.43. The van der Waals surface area contributed by atoms with Crippen molar-refractivity contribution in [1.29, 1.82) is 0 Å². The van der Waals surface area contributed by atoms with Crippen molar-refractivity contribution in [3.05, 3.63) is 0 Å². The van der Waals surface area contributed by atoms with Gasteiger partial charge in [-0.2, -0.15) is 0 Å². The van der Waals surface area contributed by atoms with Gasteiger partial charge in [-0.1, -0.05) is 0 Å².